The number of para-hydroxylation sites is 1. The van der Waals surface area contributed by atoms with Crippen molar-refractivity contribution in [1.29, 1.82) is 0 Å². The second-order valence-electron chi connectivity index (χ2n) is 4.34. The second-order valence-corrected chi connectivity index (χ2v) is 4.34. The molecule has 103 valence electrons. The Kier molecular flexibility index (Phi) is 5.18. The van der Waals surface area contributed by atoms with Gasteiger partial charge in [0, 0.05) is 11.1 Å². The number of hydrogen-bond donors (Lipinski definition) is 0. The van der Waals surface area contributed by atoms with Gasteiger partial charge in [0.25, 0.3) is 0 Å². The maximum absolute atomic E-state index is 5.26. The van der Waals surface area contributed by atoms with Gasteiger partial charge in [-0.15, -0.1) is 0 Å². The van der Waals surface area contributed by atoms with E-state index in [1.807, 2.05) is 36.4 Å². The molecule has 0 aliphatic heterocycles. The quantitative estimate of drug-likeness (QED) is 0.591. The van der Waals surface area contributed by atoms with Crippen molar-refractivity contribution in [3.05, 3.63) is 65.2 Å². The molecule has 0 unspecified atom stereocenters. The third-order valence-corrected chi connectivity index (χ3v) is 3.01. The van der Waals surface area contributed by atoms with Crippen LogP contribution in [0.15, 0.2) is 53.7 Å². The molecule has 3 heteroatoms. The number of methoxy groups -OCH3 is 1. The number of ether oxygens (including phenoxy) is 1. The minimum absolute atomic E-state index is 0.365. The highest BCUT2D eigenvalue weighted by Crippen LogP contribution is 2.17. The summed E-state index contributed by atoms with van der Waals surface area (Å²) in [6.07, 6.45) is 3.90. The Morgan fingerprint density at radius 1 is 1.05 bits per heavy atom. The van der Waals surface area contributed by atoms with E-state index in [4.69, 9.17) is 9.57 Å². The molecular formula is C17H18NO2. The van der Waals surface area contributed by atoms with E-state index in [1.165, 1.54) is 5.56 Å². The first kappa shape index (κ1) is 14.1. The van der Waals surface area contributed by atoms with Crippen LogP contribution in [0.3, 0.4) is 0 Å². The summed E-state index contributed by atoms with van der Waals surface area (Å²) in [4.78, 5) is 5.26. The summed E-state index contributed by atoms with van der Waals surface area (Å²) in [7, 11) is 1.64. The molecular weight excluding hydrogens is 250 g/mol. The van der Waals surface area contributed by atoms with Crippen molar-refractivity contribution in [3.63, 3.8) is 0 Å². The van der Waals surface area contributed by atoms with Gasteiger partial charge in [-0.1, -0.05) is 54.5 Å². The molecule has 0 aliphatic carbocycles. The van der Waals surface area contributed by atoms with E-state index < -0.39 is 0 Å². The molecule has 2 aromatic rings. The van der Waals surface area contributed by atoms with Crippen LogP contribution in [0.2, 0.25) is 0 Å². The van der Waals surface area contributed by atoms with Crippen LogP contribution in [-0.2, 0) is 17.9 Å². The molecule has 0 N–H and O–H groups in total. The molecule has 0 amide bonds. The van der Waals surface area contributed by atoms with Crippen LogP contribution in [0.4, 0.5) is 0 Å². The Labute approximate surface area is 119 Å². The topological polar surface area (TPSA) is 30.8 Å². The van der Waals surface area contributed by atoms with Gasteiger partial charge in [-0.05, 0) is 18.1 Å². The normalized spacial score (nSPS) is 10.7. The molecule has 2 rings (SSSR count). The standard InChI is InChI=1S/C17H18NO2/c1-3-14-8-10-15(11-9-14)12-18-20-13-16-6-4-5-7-17(16)19-2/h4-11H,3,13H2,1-2H3. The van der Waals surface area contributed by atoms with E-state index in [0.717, 1.165) is 23.3 Å². The van der Waals surface area contributed by atoms with Gasteiger partial charge in [0.05, 0.1) is 7.11 Å². The van der Waals surface area contributed by atoms with Crippen LogP contribution in [0.5, 0.6) is 5.75 Å². The van der Waals surface area contributed by atoms with Gasteiger partial charge in [0.1, 0.15) is 18.6 Å². The monoisotopic (exact) mass is 268 g/mol. The van der Waals surface area contributed by atoms with E-state index >= 15 is 0 Å². The van der Waals surface area contributed by atoms with E-state index in [9.17, 15) is 0 Å². The van der Waals surface area contributed by atoms with Crippen molar-refractivity contribution in [1.82, 2.24) is 0 Å². The molecule has 0 heterocycles. The highest BCUT2D eigenvalue weighted by molar-refractivity contribution is 5.79. The molecule has 0 aliphatic rings. The SMILES string of the molecule is CCc1ccc(/[C]=N\OCc2ccccc2OC)cc1. The fourth-order valence-electron chi connectivity index (χ4n) is 1.82. The zero-order valence-corrected chi connectivity index (χ0v) is 11.8. The molecule has 0 fully saturated rings. The Morgan fingerprint density at radius 2 is 1.80 bits per heavy atom. The van der Waals surface area contributed by atoms with Crippen molar-refractivity contribution >= 4 is 6.21 Å². The molecule has 0 spiro atoms. The Bertz CT molecular complexity index is 561. The molecule has 20 heavy (non-hydrogen) atoms. The number of aryl methyl sites for hydroxylation is 1. The van der Waals surface area contributed by atoms with Crippen molar-refractivity contribution in [2.75, 3.05) is 7.11 Å². The Hall–Kier alpha value is -2.29. The van der Waals surface area contributed by atoms with Gasteiger partial charge >= 0.3 is 0 Å². The van der Waals surface area contributed by atoms with Crippen molar-refractivity contribution in [3.8, 4) is 5.75 Å². The molecule has 0 atom stereocenters. The molecule has 0 saturated carbocycles. The summed E-state index contributed by atoms with van der Waals surface area (Å²) in [5.74, 6) is 0.801. The molecule has 0 bridgehead atoms. The van der Waals surface area contributed by atoms with Gasteiger partial charge in [0.2, 0.25) is 0 Å². The number of rotatable bonds is 6. The maximum Gasteiger partial charge on any atom is 0.145 e. The Balaban J connectivity index is 1.90. The number of nitrogens with zero attached hydrogens (tertiary/aromatic N) is 1. The van der Waals surface area contributed by atoms with Crippen LogP contribution >= 0.6 is 0 Å². The summed E-state index contributed by atoms with van der Waals surface area (Å²) in [5, 5.41) is 3.86. The van der Waals surface area contributed by atoms with Crippen LogP contribution in [-0.4, -0.2) is 13.3 Å². The summed E-state index contributed by atoms with van der Waals surface area (Å²) < 4.78 is 5.24. The van der Waals surface area contributed by atoms with Gasteiger partial charge in [-0.2, -0.15) is 0 Å². The van der Waals surface area contributed by atoms with E-state index in [1.54, 1.807) is 7.11 Å². The van der Waals surface area contributed by atoms with Crippen LogP contribution in [0.1, 0.15) is 23.6 Å². The van der Waals surface area contributed by atoms with Gasteiger partial charge in [0.15, 0.2) is 0 Å². The van der Waals surface area contributed by atoms with E-state index in [-0.39, 0.29) is 0 Å². The minimum Gasteiger partial charge on any atom is -0.496 e. The predicted octanol–water partition coefficient (Wildman–Crippen LogP) is 3.69. The van der Waals surface area contributed by atoms with Crippen molar-refractivity contribution < 1.29 is 9.57 Å². The highest BCUT2D eigenvalue weighted by Gasteiger charge is 2.00. The fraction of sp³-hybridized carbons (Fsp3) is 0.235. The predicted molar refractivity (Wildman–Crippen MR) is 80.1 cm³/mol. The van der Waals surface area contributed by atoms with Crippen LogP contribution in [0.25, 0.3) is 0 Å². The average molecular weight is 268 g/mol. The average Bonchev–Trinajstić information content (AvgIpc) is 2.52. The summed E-state index contributed by atoms with van der Waals surface area (Å²) in [6, 6.07) is 15.8. The Morgan fingerprint density at radius 3 is 2.50 bits per heavy atom. The third kappa shape index (κ3) is 3.85. The van der Waals surface area contributed by atoms with Gasteiger partial charge < -0.3 is 9.57 Å². The molecule has 0 saturated heterocycles. The fourth-order valence-corrected chi connectivity index (χ4v) is 1.82. The van der Waals surface area contributed by atoms with Crippen molar-refractivity contribution in [2.24, 2.45) is 5.16 Å². The lowest BCUT2D eigenvalue weighted by Crippen LogP contribution is -1.93. The van der Waals surface area contributed by atoms with Gasteiger partial charge in [-0.25, -0.2) is 0 Å². The summed E-state index contributed by atoms with van der Waals surface area (Å²) >= 11 is 0. The van der Waals surface area contributed by atoms with Crippen LogP contribution in [0, 0.1) is 0 Å². The second kappa shape index (κ2) is 7.34. The number of benzene rings is 2. The summed E-state index contributed by atoms with van der Waals surface area (Å²) in [5.41, 5.74) is 3.16. The maximum atomic E-state index is 5.26. The summed E-state index contributed by atoms with van der Waals surface area (Å²) in [6.45, 7) is 2.49. The molecule has 0 aromatic heterocycles. The van der Waals surface area contributed by atoms with Gasteiger partial charge in [-0.3, -0.25) is 0 Å². The first-order chi connectivity index (χ1) is 9.83. The zero-order chi connectivity index (χ0) is 14.2. The minimum atomic E-state index is 0.365. The van der Waals surface area contributed by atoms with E-state index in [2.05, 4.69) is 30.4 Å². The van der Waals surface area contributed by atoms with Crippen LogP contribution < -0.4 is 4.74 Å². The number of hydrogen-bond acceptors (Lipinski definition) is 3. The third-order valence-electron chi connectivity index (χ3n) is 3.01. The molecule has 3 nitrogen and oxygen atoms in total. The lowest BCUT2D eigenvalue weighted by atomic mass is 10.1. The first-order valence-electron chi connectivity index (χ1n) is 6.62. The lowest BCUT2D eigenvalue weighted by Gasteiger charge is -2.06. The highest BCUT2D eigenvalue weighted by atomic mass is 16.6. The smallest absolute Gasteiger partial charge is 0.145 e. The van der Waals surface area contributed by atoms with Crippen molar-refractivity contribution in [2.45, 2.75) is 20.0 Å². The molecule has 2 aromatic carbocycles. The first-order valence-corrected chi connectivity index (χ1v) is 6.62. The lowest BCUT2D eigenvalue weighted by molar-refractivity contribution is 0.130. The zero-order valence-electron chi connectivity index (χ0n) is 11.8. The molecule has 1 radical (unpaired) electrons. The largest absolute Gasteiger partial charge is 0.496 e. The van der Waals surface area contributed by atoms with E-state index in [0.29, 0.717) is 6.61 Å².